The van der Waals surface area contributed by atoms with Crippen molar-refractivity contribution >= 4 is 27.7 Å². The topological polar surface area (TPSA) is 102 Å². The standard InChI is InChI=1S/C19H17BrN2O5.C2H6/c1-7-4-11(23)8(2)18-16(7)26-17-9(3)15(24)14(20)12(10-5-21-22-6-10)13(17)19(25)27-18;1-2/h5-7,16,24H,4H2,1-3H3,(H,21,22);1-2H3. The Hall–Kier alpha value is -2.61. The lowest BCUT2D eigenvalue weighted by Gasteiger charge is -2.29. The highest BCUT2D eigenvalue weighted by atomic mass is 79.9. The largest absolute Gasteiger partial charge is 0.506 e. The number of H-pyrrole nitrogens is 1. The van der Waals surface area contributed by atoms with Crippen LogP contribution < -0.4 is 4.74 Å². The Morgan fingerprint density at radius 2 is 1.93 bits per heavy atom. The molecule has 0 fully saturated rings. The minimum Gasteiger partial charge on any atom is -0.506 e. The summed E-state index contributed by atoms with van der Waals surface area (Å²) >= 11 is 3.37. The first-order valence-electron chi connectivity index (χ1n) is 9.48. The van der Waals surface area contributed by atoms with E-state index in [4.69, 9.17) is 9.47 Å². The van der Waals surface area contributed by atoms with Crippen molar-refractivity contribution in [1.82, 2.24) is 10.2 Å². The number of phenols is 1. The summed E-state index contributed by atoms with van der Waals surface area (Å²) in [4.78, 5) is 25.3. The second-order valence-electron chi connectivity index (χ2n) is 6.88. The summed E-state index contributed by atoms with van der Waals surface area (Å²) in [6, 6.07) is 0. The van der Waals surface area contributed by atoms with Crippen LogP contribution in [0.4, 0.5) is 0 Å². The summed E-state index contributed by atoms with van der Waals surface area (Å²) in [6.07, 6.45) is 2.88. The lowest BCUT2D eigenvalue weighted by atomic mass is 9.86. The van der Waals surface area contributed by atoms with Gasteiger partial charge >= 0.3 is 5.97 Å². The van der Waals surface area contributed by atoms with E-state index in [1.807, 2.05) is 20.8 Å². The third kappa shape index (κ3) is 3.35. The molecule has 0 radical (unpaired) electrons. The molecule has 2 aromatic rings. The van der Waals surface area contributed by atoms with Gasteiger partial charge in [-0.1, -0.05) is 20.8 Å². The number of carbonyl (C=O) groups excluding carboxylic acids is 2. The summed E-state index contributed by atoms with van der Waals surface area (Å²) in [5, 5.41) is 17.2. The molecule has 1 aromatic heterocycles. The molecule has 1 aromatic carbocycles. The van der Waals surface area contributed by atoms with Gasteiger partial charge in [-0.3, -0.25) is 9.89 Å². The van der Waals surface area contributed by atoms with Crippen molar-refractivity contribution in [2.24, 2.45) is 5.92 Å². The summed E-state index contributed by atoms with van der Waals surface area (Å²) in [7, 11) is 0. The number of fused-ring (bicyclic) bond motifs is 2. The van der Waals surface area contributed by atoms with Gasteiger partial charge in [0.2, 0.25) is 0 Å². The molecule has 0 amide bonds. The Kier molecular flexibility index (Phi) is 5.84. The van der Waals surface area contributed by atoms with Gasteiger partial charge in [-0.15, -0.1) is 0 Å². The van der Waals surface area contributed by atoms with Gasteiger partial charge in [-0.25, -0.2) is 4.79 Å². The minimum absolute atomic E-state index is 0.0264. The molecule has 2 heterocycles. The smallest absolute Gasteiger partial charge is 0.347 e. The molecule has 0 spiro atoms. The second-order valence-corrected chi connectivity index (χ2v) is 7.67. The number of allylic oxidation sites excluding steroid dienone is 1. The average Bonchev–Trinajstić information content (AvgIpc) is 3.18. The van der Waals surface area contributed by atoms with Crippen molar-refractivity contribution in [2.45, 2.75) is 47.1 Å². The van der Waals surface area contributed by atoms with Gasteiger partial charge in [0.05, 0.1) is 10.7 Å². The molecule has 1 aliphatic heterocycles. The highest BCUT2D eigenvalue weighted by Crippen LogP contribution is 2.49. The molecule has 8 heteroatoms. The molecule has 7 nitrogen and oxygen atoms in total. The number of nitrogens with one attached hydrogen (secondary N) is 1. The fourth-order valence-corrected chi connectivity index (χ4v) is 4.27. The number of Topliss-reactive ketones (excluding diaryl/α,β-unsaturated/α-hetero) is 1. The predicted molar refractivity (Wildman–Crippen MR) is 111 cm³/mol. The number of esters is 1. The zero-order valence-electron chi connectivity index (χ0n) is 16.9. The SMILES string of the molecule is CC.CC1=C2OC(=O)c3c(c(C)c(O)c(Br)c3-c3cn[nH]c3)OC2C(C)CC1=O. The fraction of sp³-hybridized carbons (Fsp3) is 0.381. The number of hydrogen-bond donors (Lipinski definition) is 2. The van der Waals surface area contributed by atoms with Crippen LogP contribution in [-0.2, 0) is 9.53 Å². The van der Waals surface area contributed by atoms with Crippen molar-refractivity contribution in [3.8, 4) is 22.6 Å². The van der Waals surface area contributed by atoms with E-state index in [0.717, 1.165) is 0 Å². The number of aromatic hydroxyl groups is 1. The van der Waals surface area contributed by atoms with Crippen molar-refractivity contribution in [2.75, 3.05) is 0 Å². The van der Waals surface area contributed by atoms with Crippen LogP contribution >= 0.6 is 15.9 Å². The van der Waals surface area contributed by atoms with E-state index in [2.05, 4.69) is 26.1 Å². The first kappa shape index (κ1) is 21.1. The zero-order valence-corrected chi connectivity index (χ0v) is 18.5. The molecular weight excluding hydrogens is 440 g/mol. The van der Waals surface area contributed by atoms with Crippen LogP contribution in [0.25, 0.3) is 11.1 Å². The number of nitrogens with zero attached hydrogens (tertiary/aromatic N) is 1. The highest BCUT2D eigenvalue weighted by molar-refractivity contribution is 9.10. The maximum absolute atomic E-state index is 13.1. The van der Waals surface area contributed by atoms with Crippen LogP contribution in [0.3, 0.4) is 0 Å². The van der Waals surface area contributed by atoms with Crippen molar-refractivity contribution < 1.29 is 24.2 Å². The van der Waals surface area contributed by atoms with Gasteiger partial charge in [0.15, 0.2) is 17.6 Å². The maximum Gasteiger partial charge on any atom is 0.347 e. The number of benzene rings is 1. The minimum atomic E-state index is -0.635. The van der Waals surface area contributed by atoms with Gasteiger partial charge in [0.1, 0.15) is 17.1 Å². The van der Waals surface area contributed by atoms with E-state index in [1.165, 1.54) is 6.20 Å². The third-order valence-electron chi connectivity index (χ3n) is 5.11. The lowest BCUT2D eigenvalue weighted by Crippen LogP contribution is -2.35. The van der Waals surface area contributed by atoms with E-state index in [0.29, 0.717) is 33.2 Å². The first-order valence-corrected chi connectivity index (χ1v) is 10.3. The average molecular weight is 463 g/mol. The Balaban J connectivity index is 0.00000117. The summed E-state index contributed by atoms with van der Waals surface area (Å²) < 4.78 is 12.2. The first-order chi connectivity index (χ1) is 13.8. The summed E-state index contributed by atoms with van der Waals surface area (Å²) in [5.74, 6) is -0.395. The van der Waals surface area contributed by atoms with Gasteiger partial charge in [0, 0.05) is 40.8 Å². The highest BCUT2D eigenvalue weighted by Gasteiger charge is 2.42. The number of hydrogen-bond acceptors (Lipinski definition) is 6. The molecule has 2 N–H and O–H groups in total. The summed E-state index contributed by atoms with van der Waals surface area (Å²) in [5.41, 5.74) is 2.01. The van der Waals surface area contributed by atoms with E-state index in [-0.39, 0.29) is 34.5 Å². The number of halogens is 1. The lowest BCUT2D eigenvalue weighted by molar-refractivity contribution is -0.118. The van der Waals surface area contributed by atoms with Gasteiger partial charge in [-0.05, 0) is 29.8 Å². The molecule has 2 atom stereocenters. The quantitative estimate of drug-likeness (QED) is 0.596. The Morgan fingerprint density at radius 3 is 2.55 bits per heavy atom. The van der Waals surface area contributed by atoms with Crippen molar-refractivity contribution in [1.29, 1.82) is 0 Å². The molecule has 2 unspecified atom stereocenters. The van der Waals surface area contributed by atoms with E-state index in [9.17, 15) is 14.7 Å². The maximum atomic E-state index is 13.1. The second kappa shape index (κ2) is 8.02. The van der Waals surface area contributed by atoms with Crippen LogP contribution in [0.2, 0.25) is 0 Å². The van der Waals surface area contributed by atoms with Crippen LogP contribution in [0.15, 0.2) is 28.2 Å². The molecule has 0 saturated heterocycles. The normalized spacial score (nSPS) is 20.6. The number of aromatic nitrogens is 2. The van der Waals surface area contributed by atoms with Crippen LogP contribution in [0.1, 0.15) is 50.0 Å². The van der Waals surface area contributed by atoms with Crippen LogP contribution in [0, 0.1) is 12.8 Å². The Labute approximate surface area is 177 Å². The number of ketones is 1. The number of carbonyl (C=O) groups is 2. The molecule has 154 valence electrons. The number of ether oxygens (including phenoxy) is 2. The van der Waals surface area contributed by atoms with Crippen LogP contribution in [0.5, 0.6) is 11.5 Å². The van der Waals surface area contributed by atoms with E-state index in [1.54, 1.807) is 20.0 Å². The number of phenolic OH excluding ortho intramolecular Hbond substituents is 1. The molecule has 2 aliphatic rings. The van der Waals surface area contributed by atoms with E-state index >= 15 is 0 Å². The van der Waals surface area contributed by atoms with Gasteiger partial charge < -0.3 is 14.6 Å². The molecule has 4 rings (SSSR count). The monoisotopic (exact) mass is 462 g/mol. The molecule has 0 bridgehead atoms. The third-order valence-corrected chi connectivity index (χ3v) is 5.88. The molecular formula is C21H23BrN2O5. The molecule has 29 heavy (non-hydrogen) atoms. The van der Waals surface area contributed by atoms with Gasteiger partial charge in [0.25, 0.3) is 0 Å². The van der Waals surface area contributed by atoms with Gasteiger partial charge in [-0.2, -0.15) is 5.10 Å². The number of rotatable bonds is 1. The van der Waals surface area contributed by atoms with Crippen molar-refractivity contribution in [3.05, 3.63) is 39.3 Å². The van der Waals surface area contributed by atoms with Crippen molar-refractivity contribution in [3.63, 3.8) is 0 Å². The number of aromatic amines is 1. The predicted octanol–water partition coefficient (Wildman–Crippen LogP) is 4.68. The fourth-order valence-electron chi connectivity index (χ4n) is 3.55. The molecule has 0 saturated carbocycles. The Bertz CT molecular complexity index is 1010. The molecule has 1 aliphatic carbocycles. The zero-order chi connectivity index (χ0) is 21.5. The van der Waals surface area contributed by atoms with Crippen LogP contribution in [-0.4, -0.2) is 33.2 Å². The Morgan fingerprint density at radius 1 is 1.24 bits per heavy atom. The summed E-state index contributed by atoms with van der Waals surface area (Å²) in [6.45, 7) is 9.19. The van der Waals surface area contributed by atoms with E-state index < -0.39 is 12.1 Å².